The van der Waals surface area contributed by atoms with Gasteiger partial charge in [-0.2, -0.15) is 0 Å². The Kier molecular flexibility index (Phi) is 4.34. The maximum atomic E-state index is 12.1. The zero-order valence-electron chi connectivity index (χ0n) is 10.8. The fraction of sp³-hybridized carbons (Fsp3) is 0.571. The van der Waals surface area contributed by atoms with E-state index in [-0.39, 0.29) is 5.75 Å². The molecule has 1 atom stereocenters. The first-order valence-corrected chi connectivity index (χ1v) is 6.50. The first-order chi connectivity index (χ1) is 8.98. The molecule has 0 aromatic heterocycles. The van der Waals surface area contributed by atoms with E-state index in [0.717, 1.165) is 24.3 Å². The Morgan fingerprint density at radius 2 is 2.11 bits per heavy atom. The van der Waals surface area contributed by atoms with Gasteiger partial charge >= 0.3 is 6.36 Å². The molecule has 0 heterocycles. The molecular formula is C14H18F3NO. The minimum absolute atomic E-state index is 0.141. The highest BCUT2D eigenvalue weighted by Crippen LogP contribution is 2.34. The Labute approximate surface area is 111 Å². The average molecular weight is 273 g/mol. The number of rotatable bonds is 6. The molecule has 1 unspecified atom stereocenters. The molecule has 2 rings (SSSR count). The third-order valence-corrected chi connectivity index (χ3v) is 3.44. The lowest BCUT2D eigenvalue weighted by atomic mass is 10.0. The van der Waals surface area contributed by atoms with Gasteiger partial charge in [0.25, 0.3) is 0 Å². The van der Waals surface area contributed by atoms with Crippen LogP contribution in [-0.4, -0.2) is 19.5 Å². The maximum Gasteiger partial charge on any atom is 0.573 e. The Morgan fingerprint density at radius 3 is 2.68 bits per heavy atom. The van der Waals surface area contributed by atoms with Crippen LogP contribution in [0.4, 0.5) is 13.2 Å². The topological polar surface area (TPSA) is 21.3 Å². The van der Waals surface area contributed by atoms with Gasteiger partial charge in [-0.15, -0.1) is 13.2 Å². The van der Waals surface area contributed by atoms with Crippen molar-refractivity contribution >= 4 is 0 Å². The van der Waals surface area contributed by atoms with Crippen LogP contribution < -0.4 is 10.1 Å². The molecule has 19 heavy (non-hydrogen) atoms. The smallest absolute Gasteiger partial charge is 0.406 e. The number of halogens is 3. The molecule has 0 spiro atoms. The fourth-order valence-electron chi connectivity index (χ4n) is 2.33. The summed E-state index contributed by atoms with van der Waals surface area (Å²) in [5.74, 6) is 0.594. The first kappa shape index (κ1) is 14.2. The second-order valence-corrected chi connectivity index (χ2v) is 4.97. The van der Waals surface area contributed by atoms with Gasteiger partial charge in [0.1, 0.15) is 5.75 Å². The minimum Gasteiger partial charge on any atom is -0.406 e. The quantitative estimate of drug-likeness (QED) is 0.856. The van der Waals surface area contributed by atoms with Gasteiger partial charge in [-0.3, -0.25) is 0 Å². The molecule has 1 fully saturated rings. The van der Waals surface area contributed by atoms with E-state index in [1.807, 2.05) is 13.1 Å². The molecule has 0 bridgehead atoms. The number of aryl methyl sites for hydroxylation is 1. The van der Waals surface area contributed by atoms with E-state index in [9.17, 15) is 13.2 Å². The summed E-state index contributed by atoms with van der Waals surface area (Å²) in [6.07, 6.45) is -0.417. The molecule has 0 aliphatic heterocycles. The van der Waals surface area contributed by atoms with E-state index in [4.69, 9.17) is 0 Å². The summed E-state index contributed by atoms with van der Waals surface area (Å²) in [6.45, 7) is 0. The van der Waals surface area contributed by atoms with Crippen molar-refractivity contribution in [1.82, 2.24) is 5.32 Å². The van der Waals surface area contributed by atoms with Crippen LogP contribution in [0.2, 0.25) is 0 Å². The van der Waals surface area contributed by atoms with E-state index in [1.165, 1.54) is 25.0 Å². The number of alkyl halides is 3. The standard InChI is InChI=1S/C14H18F3NO/c1-18-13(11-6-7-11)8-5-10-3-2-4-12(9-10)19-14(15,16)17/h2-4,9,11,13,18H,5-8H2,1H3. The van der Waals surface area contributed by atoms with Gasteiger partial charge in [0, 0.05) is 6.04 Å². The number of nitrogens with one attached hydrogen (secondary N) is 1. The molecule has 1 aliphatic carbocycles. The highest BCUT2D eigenvalue weighted by atomic mass is 19.4. The van der Waals surface area contributed by atoms with Gasteiger partial charge in [-0.1, -0.05) is 12.1 Å². The zero-order chi connectivity index (χ0) is 13.9. The summed E-state index contributed by atoms with van der Waals surface area (Å²) in [5, 5.41) is 3.28. The van der Waals surface area contributed by atoms with E-state index in [0.29, 0.717) is 6.04 Å². The van der Waals surface area contributed by atoms with E-state index >= 15 is 0 Å². The lowest BCUT2D eigenvalue weighted by Gasteiger charge is -2.15. The lowest BCUT2D eigenvalue weighted by Crippen LogP contribution is -2.27. The summed E-state index contributed by atoms with van der Waals surface area (Å²) in [7, 11) is 1.94. The summed E-state index contributed by atoms with van der Waals surface area (Å²) < 4.78 is 40.3. The van der Waals surface area contributed by atoms with Crippen LogP contribution in [0.5, 0.6) is 5.75 Å². The van der Waals surface area contributed by atoms with Gasteiger partial charge in [0.2, 0.25) is 0 Å². The first-order valence-electron chi connectivity index (χ1n) is 6.50. The molecular weight excluding hydrogens is 255 g/mol. The summed E-state index contributed by atoms with van der Waals surface area (Å²) in [6, 6.07) is 6.69. The minimum atomic E-state index is -4.62. The largest absolute Gasteiger partial charge is 0.573 e. The Balaban J connectivity index is 1.91. The lowest BCUT2D eigenvalue weighted by molar-refractivity contribution is -0.274. The van der Waals surface area contributed by atoms with Crippen molar-refractivity contribution < 1.29 is 17.9 Å². The van der Waals surface area contributed by atoms with Gasteiger partial charge in [-0.25, -0.2) is 0 Å². The van der Waals surface area contributed by atoms with E-state index in [2.05, 4.69) is 10.1 Å². The van der Waals surface area contributed by atoms with Gasteiger partial charge in [0.15, 0.2) is 0 Å². The van der Waals surface area contributed by atoms with E-state index in [1.54, 1.807) is 6.07 Å². The second kappa shape index (κ2) is 5.82. The molecule has 1 N–H and O–H groups in total. The highest BCUT2D eigenvalue weighted by Gasteiger charge is 2.31. The molecule has 106 valence electrons. The highest BCUT2D eigenvalue weighted by molar-refractivity contribution is 5.28. The monoisotopic (exact) mass is 273 g/mol. The van der Waals surface area contributed by atoms with Crippen LogP contribution >= 0.6 is 0 Å². The van der Waals surface area contributed by atoms with Crippen molar-refractivity contribution in [3.8, 4) is 5.75 Å². The Hall–Kier alpha value is -1.23. The number of benzene rings is 1. The number of hydrogen-bond acceptors (Lipinski definition) is 2. The Bertz CT molecular complexity index is 415. The SMILES string of the molecule is CNC(CCc1cccc(OC(F)(F)F)c1)C1CC1. The molecule has 0 saturated heterocycles. The van der Waals surface area contributed by atoms with Crippen molar-refractivity contribution in [3.05, 3.63) is 29.8 Å². The Morgan fingerprint density at radius 1 is 1.37 bits per heavy atom. The number of ether oxygens (including phenoxy) is 1. The van der Waals surface area contributed by atoms with Gasteiger partial charge in [-0.05, 0) is 56.3 Å². The van der Waals surface area contributed by atoms with Crippen molar-refractivity contribution in [2.24, 2.45) is 5.92 Å². The molecule has 0 radical (unpaired) electrons. The third-order valence-electron chi connectivity index (χ3n) is 3.44. The molecule has 1 saturated carbocycles. The van der Waals surface area contributed by atoms with Gasteiger partial charge in [0.05, 0.1) is 0 Å². The predicted octanol–water partition coefficient (Wildman–Crippen LogP) is 3.52. The van der Waals surface area contributed by atoms with E-state index < -0.39 is 6.36 Å². The van der Waals surface area contributed by atoms with Crippen molar-refractivity contribution in [3.63, 3.8) is 0 Å². The average Bonchev–Trinajstić information content (AvgIpc) is 3.12. The van der Waals surface area contributed by atoms with Crippen molar-refractivity contribution in [2.75, 3.05) is 7.05 Å². The summed E-state index contributed by atoms with van der Waals surface area (Å²) in [5.41, 5.74) is 0.877. The van der Waals surface area contributed by atoms with Crippen LogP contribution in [-0.2, 0) is 6.42 Å². The zero-order valence-corrected chi connectivity index (χ0v) is 10.8. The third kappa shape index (κ3) is 4.74. The van der Waals surface area contributed by atoms with Crippen LogP contribution in [0, 0.1) is 5.92 Å². The van der Waals surface area contributed by atoms with Crippen LogP contribution in [0.15, 0.2) is 24.3 Å². The van der Waals surface area contributed by atoms with Gasteiger partial charge < -0.3 is 10.1 Å². The molecule has 2 nitrogen and oxygen atoms in total. The molecule has 1 aromatic carbocycles. The van der Waals surface area contributed by atoms with Crippen molar-refractivity contribution in [1.29, 1.82) is 0 Å². The molecule has 1 aliphatic rings. The predicted molar refractivity (Wildman–Crippen MR) is 67.0 cm³/mol. The van der Waals surface area contributed by atoms with Crippen LogP contribution in [0.1, 0.15) is 24.8 Å². The summed E-state index contributed by atoms with van der Waals surface area (Å²) >= 11 is 0. The fourth-order valence-corrected chi connectivity index (χ4v) is 2.33. The normalized spacial score (nSPS) is 17.3. The molecule has 5 heteroatoms. The molecule has 0 amide bonds. The molecule has 1 aromatic rings. The second-order valence-electron chi connectivity index (χ2n) is 4.97. The van der Waals surface area contributed by atoms with Crippen LogP contribution in [0.3, 0.4) is 0 Å². The maximum absolute atomic E-state index is 12.1. The summed E-state index contributed by atoms with van der Waals surface area (Å²) in [4.78, 5) is 0. The number of hydrogen-bond donors (Lipinski definition) is 1. The van der Waals surface area contributed by atoms with Crippen LogP contribution in [0.25, 0.3) is 0 Å². The van der Waals surface area contributed by atoms with Crippen molar-refractivity contribution in [2.45, 2.75) is 38.1 Å².